The summed E-state index contributed by atoms with van der Waals surface area (Å²) in [6.07, 6.45) is 2.96. The highest BCUT2D eigenvalue weighted by Gasteiger charge is 2.13. The first-order chi connectivity index (χ1) is 7.10. The van der Waals surface area contributed by atoms with Gasteiger partial charge in [-0.25, -0.2) is 9.78 Å². The van der Waals surface area contributed by atoms with Crippen LogP contribution in [0.25, 0.3) is 0 Å². The Balaban J connectivity index is 3.71. The number of hydrogen-bond donors (Lipinski definition) is 0. The fourth-order valence-electron chi connectivity index (χ4n) is 0.567. The molecular weight excluding hydrogens is 208 g/mol. The maximum Gasteiger partial charge on any atom is 0.128 e. The van der Waals surface area contributed by atoms with Crippen LogP contribution < -0.4 is 0 Å². The van der Waals surface area contributed by atoms with Crippen LogP contribution >= 0.6 is 0 Å². The zero-order valence-corrected chi connectivity index (χ0v) is 11.4. The molecule has 0 aliphatic carbocycles. The van der Waals surface area contributed by atoms with Gasteiger partial charge in [-0.05, 0) is 54.5 Å². The Morgan fingerprint density at radius 3 is 1.81 bits per heavy atom. The van der Waals surface area contributed by atoms with E-state index >= 15 is 0 Å². The molecule has 1 unspecified atom stereocenters. The van der Waals surface area contributed by atoms with Crippen LogP contribution in [0, 0.1) is 0 Å². The minimum atomic E-state index is -0.323. The van der Waals surface area contributed by atoms with Gasteiger partial charge in [0.1, 0.15) is 18.0 Å². The van der Waals surface area contributed by atoms with E-state index in [1.165, 1.54) is 6.26 Å². The number of rotatable bonds is 5. The molecular formula is C12H24O4. The fraction of sp³-hybridized carbons (Fsp3) is 0.833. The zero-order valence-electron chi connectivity index (χ0n) is 11.4. The summed E-state index contributed by atoms with van der Waals surface area (Å²) in [5.74, 6) is 0. The molecule has 0 radical (unpaired) electrons. The van der Waals surface area contributed by atoms with E-state index in [4.69, 9.17) is 19.6 Å². The van der Waals surface area contributed by atoms with Gasteiger partial charge in [0.15, 0.2) is 0 Å². The molecule has 16 heavy (non-hydrogen) atoms. The fourth-order valence-corrected chi connectivity index (χ4v) is 0.567. The normalized spacial score (nSPS) is 15.4. The van der Waals surface area contributed by atoms with E-state index in [9.17, 15) is 0 Å². The van der Waals surface area contributed by atoms with Crippen LogP contribution in [0.2, 0.25) is 0 Å². The van der Waals surface area contributed by atoms with Crippen molar-refractivity contribution in [2.75, 3.05) is 0 Å². The van der Waals surface area contributed by atoms with E-state index in [-0.39, 0.29) is 17.3 Å². The van der Waals surface area contributed by atoms with E-state index in [1.54, 1.807) is 6.08 Å². The minimum absolute atomic E-state index is 0.192. The molecule has 0 aromatic rings. The van der Waals surface area contributed by atoms with Gasteiger partial charge in [0.25, 0.3) is 0 Å². The standard InChI is InChI=1S/C12H24O4/c1-10(14-16-12(5,6)7)8-9-13-15-11(2,3)4/h8-10H,1-7H3. The molecule has 0 saturated carbocycles. The maximum atomic E-state index is 5.14. The van der Waals surface area contributed by atoms with Gasteiger partial charge < -0.3 is 4.89 Å². The molecule has 0 saturated heterocycles. The van der Waals surface area contributed by atoms with Crippen molar-refractivity contribution >= 4 is 0 Å². The van der Waals surface area contributed by atoms with Gasteiger partial charge in [0.05, 0.1) is 5.60 Å². The van der Waals surface area contributed by atoms with Crippen molar-refractivity contribution in [3.05, 3.63) is 12.3 Å². The molecule has 0 aliphatic rings. The zero-order chi connectivity index (χ0) is 12.8. The van der Waals surface area contributed by atoms with Gasteiger partial charge in [0, 0.05) is 0 Å². The molecule has 0 bridgehead atoms. The lowest BCUT2D eigenvalue weighted by atomic mass is 10.2. The molecule has 0 aromatic heterocycles. The maximum absolute atomic E-state index is 5.14. The van der Waals surface area contributed by atoms with E-state index in [2.05, 4.69) is 0 Å². The van der Waals surface area contributed by atoms with Gasteiger partial charge in [-0.1, -0.05) is 0 Å². The smallest absolute Gasteiger partial charge is 0.128 e. The third-order valence-electron chi connectivity index (χ3n) is 1.15. The van der Waals surface area contributed by atoms with E-state index < -0.39 is 0 Å². The Morgan fingerprint density at radius 1 is 0.875 bits per heavy atom. The highest BCUT2D eigenvalue weighted by atomic mass is 17.2. The van der Waals surface area contributed by atoms with E-state index in [0.29, 0.717) is 0 Å². The van der Waals surface area contributed by atoms with Gasteiger partial charge in [-0.15, -0.1) is 0 Å². The van der Waals surface area contributed by atoms with Crippen LogP contribution in [-0.2, 0) is 19.6 Å². The molecule has 4 heteroatoms. The first-order valence-corrected chi connectivity index (χ1v) is 5.46. The molecule has 0 aromatic carbocycles. The topological polar surface area (TPSA) is 36.9 Å². The lowest BCUT2D eigenvalue weighted by Crippen LogP contribution is -2.22. The first kappa shape index (κ1) is 15.4. The van der Waals surface area contributed by atoms with E-state index in [0.717, 1.165) is 0 Å². The summed E-state index contributed by atoms with van der Waals surface area (Å²) in [7, 11) is 0. The Hall–Kier alpha value is -0.580. The molecule has 0 amide bonds. The molecule has 96 valence electrons. The van der Waals surface area contributed by atoms with Gasteiger partial charge in [-0.3, -0.25) is 0 Å². The molecule has 0 spiro atoms. The summed E-state index contributed by atoms with van der Waals surface area (Å²) in [6, 6.07) is 0. The highest BCUT2D eigenvalue weighted by Crippen LogP contribution is 2.10. The molecule has 0 aliphatic heterocycles. The van der Waals surface area contributed by atoms with Crippen molar-refractivity contribution < 1.29 is 19.6 Å². The SMILES string of the molecule is CC(C=COOC(C)(C)C)OOC(C)(C)C. The van der Waals surface area contributed by atoms with Gasteiger partial charge in [-0.2, -0.15) is 4.89 Å². The first-order valence-electron chi connectivity index (χ1n) is 5.46. The predicted molar refractivity (Wildman–Crippen MR) is 62.4 cm³/mol. The van der Waals surface area contributed by atoms with Crippen LogP contribution in [0.1, 0.15) is 48.5 Å². The summed E-state index contributed by atoms with van der Waals surface area (Å²) >= 11 is 0. The molecule has 0 heterocycles. The molecule has 4 nitrogen and oxygen atoms in total. The van der Waals surface area contributed by atoms with Crippen LogP contribution in [0.4, 0.5) is 0 Å². The second-order valence-corrected chi connectivity index (χ2v) is 5.62. The van der Waals surface area contributed by atoms with Crippen molar-refractivity contribution in [1.29, 1.82) is 0 Å². The van der Waals surface area contributed by atoms with Gasteiger partial charge >= 0.3 is 0 Å². The lowest BCUT2D eigenvalue weighted by molar-refractivity contribution is -0.362. The average Bonchev–Trinajstić information content (AvgIpc) is 2.06. The lowest BCUT2D eigenvalue weighted by Gasteiger charge is -2.19. The van der Waals surface area contributed by atoms with Crippen molar-refractivity contribution in [2.45, 2.75) is 65.8 Å². The largest absolute Gasteiger partial charge is 0.345 e. The van der Waals surface area contributed by atoms with Crippen LogP contribution in [0.5, 0.6) is 0 Å². The summed E-state index contributed by atoms with van der Waals surface area (Å²) in [5.41, 5.74) is -0.638. The highest BCUT2D eigenvalue weighted by molar-refractivity contribution is 4.79. The Labute approximate surface area is 98.4 Å². The second-order valence-electron chi connectivity index (χ2n) is 5.62. The van der Waals surface area contributed by atoms with Crippen molar-refractivity contribution in [2.24, 2.45) is 0 Å². The second kappa shape index (κ2) is 6.23. The minimum Gasteiger partial charge on any atom is -0.345 e. The van der Waals surface area contributed by atoms with Gasteiger partial charge in [0.2, 0.25) is 0 Å². The van der Waals surface area contributed by atoms with Crippen LogP contribution in [-0.4, -0.2) is 17.3 Å². The summed E-state index contributed by atoms with van der Waals surface area (Å²) < 4.78 is 0. The van der Waals surface area contributed by atoms with Crippen molar-refractivity contribution in [3.63, 3.8) is 0 Å². The van der Waals surface area contributed by atoms with Crippen LogP contribution in [0.3, 0.4) is 0 Å². The number of hydrogen-bond acceptors (Lipinski definition) is 4. The molecule has 0 rings (SSSR count). The Morgan fingerprint density at radius 2 is 1.38 bits per heavy atom. The average molecular weight is 232 g/mol. The predicted octanol–water partition coefficient (Wildman–Crippen LogP) is 3.38. The third kappa shape index (κ3) is 11.5. The van der Waals surface area contributed by atoms with E-state index in [1.807, 2.05) is 48.5 Å². The monoisotopic (exact) mass is 232 g/mol. The molecule has 1 atom stereocenters. The third-order valence-corrected chi connectivity index (χ3v) is 1.15. The molecule has 0 N–H and O–H groups in total. The molecule has 0 fully saturated rings. The summed E-state index contributed by atoms with van der Waals surface area (Å²) in [6.45, 7) is 13.3. The summed E-state index contributed by atoms with van der Waals surface area (Å²) in [5, 5.41) is 0. The summed E-state index contributed by atoms with van der Waals surface area (Å²) in [4.78, 5) is 20.2. The van der Waals surface area contributed by atoms with Crippen molar-refractivity contribution in [3.8, 4) is 0 Å². The van der Waals surface area contributed by atoms with Crippen LogP contribution in [0.15, 0.2) is 12.3 Å². The quantitative estimate of drug-likeness (QED) is 0.413. The Kier molecular flexibility index (Phi) is 6.00. The van der Waals surface area contributed by atoms with Crippen molar-refractivity contribution in [1.82, 2.24) is 0 Å². The Bertz CT molecular complexity index is 210.